The molecule has 0 aliphatic heterocycles. The Morgan fingerprint density at radius 3 is 2.53 bits per heavy atom. The standard InChI is InChI=1S/C8H11ClN2O2S.ClH/c1-14(12,13)11-8-3-2-6(5-10)4-7(8)9;/h2-4,11H,5,10H2,1H3;1H. The van der Waals surface area contributed by atoms with E-state index in [4.69, 9.17) is 17.3 Å². The topological polar surface area (TPSA) is 72.2 Å². The Morgan fingerprint density at radius 2 is 2.13 bits per heavy atom. The van der Waals surface area contributed by atoms with Gasteiger partial charge in [-0.1, -0.05) is 17.7 Å². The molecule has 0 unspecified atom stereocenters. The SMILES string of the molecule is CS(=O)(=O)Nc1ccc(CN)cc1Cl.[Cl-].[H+]. The van der Waals surface area contributed by atoms with Crippen LogP contribution in [0.5, 0.6) is 0 Å². The summed E-state index contributed by atoms with van der Waals surface area (Å²) in [6.07, 6.45) is 1.07. The number of anilines is 1. The predicted octanol–water partition coefficient (Wildman–Crippen LogP) is -1.71. The van der Waals surface area contributed by atoms with Crippen molar-refractivity contribution in [1.82, 2.24) is 0 Å². The minimum absolute atomic E-state index is 0. The molecule has 0 aromatic heterocycles. The summed E-state index contributed by atoms with van der Waals surface area (Å²) in [4.78, 5) is 0. The first-order chi connectivity index (χ1) is 6.42. The lowest BCUT2D eigenvalue weighted by atomic mass is 10.2. The first-order valence-corrected chi connectivity index (χ1v) is 6.15. The first kappa shape index (κ1) is 14.5. The summed E-state index contributed by atoms with van der Waals surface area (Å²) in [5, 5.41) is 0.346. The second-order valence-corrected chi connectivity index (χ2v) is 5.05. The highest BCUT2D eigenvalue weighted by Crippen LogP contribution is 2.23. The molecule has 86 valence electrons. The summed E-state index contributed by atoms with van der Waals surface area (Å²) in [6.45, 7) is 0.374. The van der Waals surface area contributed by atoms with Crippen molar-refractivity contribution < 1.29 is 22.3 Å². The first-order valence-electron chi connectivity index (χ1n) is 3.88. The maximum Gasteiger partial charge on any atom is 1.00 e. The summed E-state index contributed by atoms with van der Waals surface area (Å²) in [6, 6.07) is 4.94. The molecule has 4 nitrogen and oxygen atoms in total. The van der Waals surface area contributed by atoms with Gasteiger partial charge in [-0.3, -0.25) is 4.72 Å². The van der Waals surface area contributed by atoms with Crippen molar-refractivity contribution in [2.45, 2.75) is 6.54 Å². The fourth-order valence-electron chi connectivity index (χ4n) is 0.968. The van der Waals surface area contributed by atoms with Crippen molar-refractivity contribution in [2.24, 2.45) is 5.73 Å². The Hall–Kier alpha value is -0.490. The van der Waals surface area contributed by atoms with E-state index in [0.29, 0.717) is 17.3 Å². The largest absolute Gasteiger partial charge is 1.00 e. The number of nitrogens with two attached hydrogens (primary N) is 1. The Bertz CT molecular complexity index is 440. The molecule has 0 aliphatic carbocycles. The zero-order valence-electron chi connectivity index (χ0n) is 9.00. The van der Waals surface area contributed by atoms with Gasteiger partial charge >= 0.3 is 1.43 Å². The Labute approximate surface area is 102 Å². The van der Waals surface area contributed by atoms with E-state index in [1.165, 1.54) is 0 Å². The number of rotatable bonds is 3. The lowest BCUT2D eigenvalue weighted by molar-refractivity contribution is -0.00000538. The summed E-state index contributed by atoms with van der Waals surface area (Å²) in [5.41, 5.74) is 6.62. The molecule has 0 aliphatic rings. The molecule has 0 fully saturated rings. The molecule has 0 spiro atoms. The van der Waals surface area contributed by atoms with Gasteiger partial charge < -0.3 is 18.1 Å². The van der Waals surface area contributed by atoms with Gasteiger partial charge in [-0.25, -0.2) is 8.42 Å². The average molecular weight is 271 g/mol. The van der Waals surface area contributed by atoms with Crippen LogP contribution < -0.4 is 22.9 Å². The molecular weight excluding hydrogens is 259 g/mol. The predicted molar refractivity (Wildman–Crippen MR) is 58.9 cm³/mol. The molecule has 0 bridgehead atoms. The highest BCUT2D eigenvalue weighted by Gasteiger charge is 2.06. The van der Waals surface area contributed by atoms with E-state index >= 15 is 0 Å². The molecule has 1 rings (SSSR count). The van der Waals surface area contributed by atoms with Crippen LogP contribution in [0, 0.1) is 0 Å². The molecule has 7 heteroatoms. The van der Waals surface area contributed by atoms with Crippen LogP contribution in [0.15, 0.2) is 18.2 Å². The van der Waals surface area contributed by atoms with E-state index in [-0.39, 0.29) is 13.8 Å². The lowest BCUT2D eigenvalue weighted by Crippen LogP contribution is -3.00. The van der Waals surface area contributed by atoms with Gasteiger partial charge in [0, 0.05) is 6.54 Å². The molecule has 1 aromatic rings. The van der Waals surface area contributed by atoms with E-state index in [2.05, 4.69) is 4.72 Å². The zero-order chi connectivity index (χ0) is 10.8. The number of sulfonamides is 1. The van der Waals surface area contributed by atoms with Crippen LogP contribution in [0.25, 0.3) is 0 Å². The van der Waals surface area contributed by atoms with Gasteiger partial charge in [0.25, 0.3) is 0 Å². The van der Waals surface area contributed by atoms with Crippen molar-refractivity contribution in [2.75, 3.05) is 11.0 Å². The van der Waals surface area contributed by atoms with Crippen LogP contribution in [-0.4, -0.2) is 14.7 Å². The fourth-order valence-corrected chi connectivity index (χ4v) is 1.85. The zero-order valence-corrected chi connectivity index (χ0v) is 10.3. The highest BCUT2D eigenvalue weighted by molar-refractivity contribution is 7.92. The number of hydrogen-bond donors (Lipinski definition) is 2. The van der Waals surface area contributed by atoms with E-state index in [0.717, 1.165) is 11.8 Å². The maximum absolute atomic E-state index is 10.9. The Kier molecular flexibility index (Phi) is 5.37. The van der Waals surface area contributed by atoms with Gasteiger partial charge in [0.1, 0.15) is 0 Å². The summed E-state index contributed by atoms with van der Waals surface area (Å²) >= 11 is 5.83. The van der Waals surface area contributed by atoms with Crippen LogP contribution in [0.3, 0.4) is 0 Å². The van der Waals surface area contributed by atoms with Crippen molar-refractivity contribution in [3.8, 4) is 0 Å². The van der Waals surface area contributed by atoms with E-state index in [1.807, 2.05) is 0 Å². The van der Waals surface area contributed by atoms with Crippen LogP contribution in [0.1, 0.15) is 6.99 Å². The highest BCUT2D eigenvalue weighted by atomic mass is 35.5. The molecule has 15 heavy (non-hydrogen) atoms. The molecule has 0 radical (unpaired) electrons. The summed E-state index contributed by atoms with van der Waals surface area (Å²) in [5.74, 6) is 0. The Morgan fingerprint density at radius 1 is 1.53 bits per heavy atom. The normalized spacial score (nSPS) is 10.6. The number of benzene rings is 1. The van der Waals surface area contributed by atoms with E-state index in [9.17, 15) is 8.42 Å². The molecule has 3 N–H and O–H groups in total. The van der Waals surface area contributed by atoms with E-state index in [1.54, 1.807) is 18.2 Å². The molecule has 1 aromatic carbocycles. The minimum Gasteiger partial charge on any atom is -1.00 e. The van der Waals surface area contributed by atoms with Crippen molar-refractivity contribution >= 4 is 27.3 Å². The summed E-state index contributed by atoms with van der Waals surface area (Å²) < 4.78 is 24.1. The monoisotopic (exact) mass is 270 g/mol. The average Bonchev–Trinajstić information content (AvgIpc) is 2.06. The second kappa shape index (κ2) is 5.55. The van der Waals surface area contributed by atoms with E-state index < -0.39 is 10.0 Å². The lowest BCUT2D eigenvalue weighted by Gasteiger charge is -2.07. The van der Waals surface area contributed by atoms with Gasteiger partial charge in [0.15, 0.2) is 0 Å². The van der Waals surface area contributed by atoms with Gasteiger partial charge in [0.05, 0.1) is 17.0 Å². The second-order valence-electron chi connectivity index (χ2n) is 2.89. The van der Waals surface area contributed by atoms with Gasteiger partial charge in [-0.05, 0) is 17.7 Å². The van der Waals surface area contributed by atoms with Crippen LogP contribution >= 0.6 is 11.6 Å². The Balaban J connectivity index is 0. The molecule has 0 saturated carbocycles. The summed E-state index contributed by atoms with van der Waals surface area (Å²) in [7, 11) is -3.28. The third kappa shape index (κ3) is 4.70. The maximum atomic E-state index is 10.9. The third-order valence-corrected chi connectivity index (χ3v) is 2.47. The number of halogens is 2. The van der Waals surface area contributed by atoms with Crippen molar-refractivity contribution in [1.29, 1.82) is 0 Å². The molecule has 0 amide bonds. The minimum atomic E-state index is -3.28. The smallest absolute Gasteiger partial charge is 1.00 e. The van der Waals surface area contributed by atoms with Crippen LogP contribution in [-0.2, 0) is 16.6 Å². The quantitative estimate of drug-likeness (QED) is 0.687. The third-order valence-electron chi connectivity index (χ3n) is 1.56. The number of hydrogen-bond acceptors (Lipinski definition) is 3. The molecule has 0 saturated heterocycles. The van der Waals surface area contributed by atoms with Gasteiger partial charge in [0.2, 0.25) is 10.0 Å². The van der Waals surface area contributed by atoms with Crippen LogP contribution in [0.2, 0.25) is 5.02 Å². The van der Waals surface area contributed by atoms with Crippen LogP contribution in [0.4, 0.5) is 5.69 Å². The molecule has 0 atom stereocenters. The molecular formula is C8H12Cl2N2O2S. The van der Waals surface area contributed by atoms with Gasteiger partial charge in [-0.15, -0.1) is 0 Å². The van der Waals surface area contributed by atoms with Crippen molar-refractivity contribution in [3.63, 3.8) is 0 Å². The number of nitrogens with one attached hydrogen (secondary N) is 1. The van der Waals surface area contributed by atoms with Crippen molar-refractivity contribution in [3.05, 3.63) is 28.8 Å². The fraction of sp³-hybridized carbons (Fsp3) is 0.250. The molecule has 0 heterocycles. The van der Waals surface area contributed by atoms with Gasteiger partial charge in [-0.2, -0.15) is 0 Å².